The summed E-state index contributed by atoms with van der Waals surface area (Å²) in [5.41, 5.74) is 2.94. The van der Waals surface area contributed by atoms with Gasteiger partial charge >= 0.3 is 0 Å². The third-order valence-corrected chi connectivity index (χ3v) is 5.18. The molecule has 2 unspecified atom stereocenters. The summed E-state index contributed by atoms with van der Waals surface area (Å²) in [4.78, 5) is 2.75. The first-order chi connectivity index (χ1) is 9.86. The number of piperidine rings is 1. The van der Waals surface area contributed by atoms with E-state index in [1.807, 2.05) is 7.05 Å². The molecule has 2 heteroatoms. The Hall–Kier alpha value is -0.860. The van der Waals surface area contributed by atoms with Gasteiger partial charge in [0.1, 0.15) is 0 Å². The van der Waals surface area contributed by atoms with Crippen molar-refractivity contribution in [3.63, 3.8) is 0 Å². The molecule has 2 atom stereocenters. The zero-order chi connectivity index (χ0) is 13.8. The summed E-state index contributed by atoms with van der Waals surface area (Å²) >= 11 is 0. The molecule has 1 saturated carbocycles. The van der Waals surface area contributed by atoms with Gasteiger partial charge in [-0.05, 0) is 69.3 Å². The Balaban J connectivity index is 1.59. The second kappa shape index (κ2) is 6.73. The molecule has 0 bridgehead atoms. The fraction of sp³-hybridized carbons (Fsp3) is 0.667. The van der Waals surface area contributed by atoms with E-state index in [1.54, 1.807) is 0 Å². The molecule has 3 rings (SSSR count). The van der Waals surface area contributed by atoms with Crippen LogP contribution in [-0.2, 0) is 13.0 Å². The number of nitrogens with one attached hydrogen (secondary N) is 1. The molecular weight excluding hydrogens is 244 g/mol. The Kier molecular flexibility index (Phi) is 4.74. The summed E-state index contributed by atoms with van der Waals surface area (Å²) in [6, 6.07) is 10.2. The van der Waals surface area contributed by atoms with Gasteiger partial charge in [-0.3, -0.25) is 4.90 Å². The number of likely N-dealkylation sites (tertiary alicyclic amines) is 1. The van der Waals surface area contributed by atoms with Crippen LogP contribution in [0, 0.1) is 5.92 Å². The number of benzene rings is 1. The van der Waals surface area contributed by atoms with E-state index in [2.05, 4.69) is 34.5 Å². The minimum Gasteiger partial charge on any atom is -0.319 e. The lowest BCUT2D eigenvalue weighted by atomic mass is 9.91. The molecule has 2 nitrogen and oxygen atoms in total. The van der Waals surface area contributed by atoms with Gasteiger partial charge in [0.2, 0.25) is 0 Å². The molecule has 2 aliphatic rings. The smallest absolute Gasteiger partial charge is 0.0236 e. The average Bonchev–Trinajstić information content (AvgIpc) is 2.96. The standard InChI is InChI=1S/C18H28N2/c1-19-12-11-15-7-9-16(10-8-15)14-20-13-3-5-17-4-2-6-18(17)20/h7-10,17-19H,2-6,11-14H2,1H3. The molecule has 0 spiro atoms. The summed E-state index contributed by atoms with van der Waals surface area (Å²) in [5.74, 6) is 0.999. The predicted octanol–water partition coefficient (Wildman–Crippen LogP) is 3.21. The van der Waals surface area contributed by atoms with Crippen LogP contribution >= 0.6 is 0 Å². The quantitative estimate of drug-likeness (QED) is 0.885. The largest absolute Gasteiger partial charge is 0.319 e. The third kappa shape index (κ3) is 3.24. The van der Waals surface area contributed by atoms with E-state index in [-0.39, 0.29) is 0 Å². The van der Waals surface area contributed by atoms with Crippen molar-refractivity contribution in [1.29, 1.82) is 0 Å². The molecule has 1 heterocycles. The highest BCUT2D eigenvalue weighted by molar-refractivity contribution is 5.23. The molecule has 0 aromatic heterocycles. The highest BCUT2D eigenvalue weighted by Gasteiger charge is 2.34. The number of nitrogens with zero attached hydrogens (tertiary/aromatic N) is 1. The summed E-state index contributed by atoms with van der Waals surface area (Å²) in [7, 11) is 2.02. The third-order valence-electron chi connectivity index (χ3n) is 5.18. The highest BCUT2D eigenvalue weighted by Crippen LogP contribution is 2.37. The number of rotatable bonds is 5. The first kappa shape index (κ1) is 14.1. The maximum Gasteiger partial charge on any atom is 0.0236 e. The van der Waals surface area contributed by atoms with E-state index in [0.717, 1.165) is 31.5 Å². The number of hydrogen-bond donors (Lipinski definition) is 1. The van der Waals surface area contributed by atoms with Crippen molar-refractivity contribution in [3.05, 3.63) is 35.4 Å². The van der Waals surface area contributed by atoms with Crippen LogP contribution in [0.4, 0.5) is 0 Å². The Bertz CT molecular complexity index is 412. The summed E-state index contributed by atoms with van der Waals surface area (Å²) in [6.07, 6.45) is 8.38. The van der Waals surface area contributed by atoms with Gasteiger partial charge in [-0.2, -0.15) is 0 Å². The van der Waals surface area contributed by atoms with Crippen molar-refractivity contribution in [2.24, 2.45) is 5.92 Å². The van der Waals surface area contributed by atoms with Gasteiger partial charge < -0.3 is 5.32 Å². The van der Waals surface area contributed by atoms with Crippen LogP contribution in [0.5, 0.6) is 0 Å². The van der Waals surface area contributed by atoms with Crippen LogP contribution in [0.2, 0.25) is 0 Å². The minimum atomic E-state index is 0.882. The van der Waals surface area contributed by atoms with Gasteiger partial charge in [0.05, 0.1) is 0 Å². The van der Waals surface area contributed by atoms with Gasteiger partial charge in [0, 0.05) is 12.6 Å². The van der Waals surface area contributed by atoms with Crippen LogP contribution < -0.4 is 5.32 Å². The van der Waals surface area contributed by atoms with Crippen molar-refractivity contribution in [1.82, 2.24) is 10.2 Å². The molecule has 1 aliphatic carbocycles. The minimum absolute atomic E-state index is 0.882. The normalized spacial score (nSPS) is 26.6. The summed E-state index contributed by atoms with van der Waals surface area (Å²) in [5, 5.41) is 3.21. The van der Waals surface area contributed by atoms with Crippen molar-refractivity contribution in [2.45, 2.75) is 51.1 Å². The Morgan fingerprint density at radius 2 is 1.80 bits per heavy atom. The average molecular weight is 272 g/mol. The Morgan fingerprint density at radius 1 is 1.05 bits per heavy atom. The number of fused-ring (bicyclic) bond motifs is 1. The lowest BCUT2D eigenvalue weighted by Gasteiger charge is -2.37. The molecule has 0 amide bonds. The molecule has 20 heavy (non-hydrogen) atoms. The Morgan fingerprint density at radius 3 is 2.60 bits per heavy atom. The second-order valence-corrected chi connectivity index (χ2v) is 6.54. The van der Waals surface area contributed by atoms with Crippen LogP contribution in [-0.4, -0.2) is 31.1 Å². The zero-order valence-electron chi connectivity index (χ0n) is 12.8. The summed E-state index contributed by atoms with van der Waals surface area (Å²) < 4.78 is 0. The number of hydrogen-bond acceptors (Lipinski definition) is 2. The molecule has 1 aromatic carbocycles. The van der Waals surface area contributed by atoms with Crippen molar-refractivity contribution in [2.75, 3.05) is 20.1 Å². The topological polar surface area (TPSA) is 15.3 Å². The first-order valence-corrected chi connectivity index (χ1v) is 8.33. The van der Waals surface area contributed by atoms with Gasteiger partial charge in [-0.25, -0.2) is 0 Å². The first-order valence-electron chi connectivity index (χ1n) is 8.33. The van der Waals surface area contributed by atoms with Crippen molar-refractivity contribution < 1.29 is 0 Å². The van der Waals surface area contributed by atoms with E-state index in [0.29, 0.717) is 0 Å². The van der Waals surface area contributed by atoms with Gasteiger partial charge in [0.15, 0.2) is 0 Å². The molecular formula is C18H28N2. The fourth-order valence-corrected chi connectivity index (χ4v) is 4.07. The second-order valence-electron chi connectivity index (χ2n) is 6.54. The molecule has 1 aromatic rings. The molecule has 1 N–H and O–H groups in total. The maximum atomic E-state index is 3.21. The van der Waals surface area contributed by atoms with E-state index < -0.39 is 0 Å². The van der Waals surface area contributed by atoms with Crippen molar-refractivity contribution in [3.8, 4) is 0 Å². The van der Waals surface area contributed by atoms with Gasteiger partial charge in [0.25, 0.3) is 0 Å². The molecule has 2 fully saturated rings. The van der Waals surface area contributed by atoms with E-state index >= 15 is 0 Å². The molecule has 1 aliphatic heterocycles. The van der Waals surface area contributed by atoms with Crippen LogP contribution in [0.1, 0.15) is 43.2 Å². The fourth-order valence-electron chi connectivity index (χ4n) is 4.07. The SMILES string of the molecule is CNCCc1ccc(CN2CCCC3CCCC32)cc1. The van der Waals surface area contributed by atoms with Crippen LogP contribution in [0.3, 0.4) is 0 Å². The lowest BCUT2D eigenvalue weighted by molar-refractivity contribution is 0.106. The van der Waals surface area contributed by atoms with E-state index in [4.69, 9.17) is 0 Å². The lowest BCUT2D eigenvalue weighted by Crippen LogP contribution is -2.41. The molecule has 110 valence electrons. The monoisotopic (exact) mass is 272 g/mol. The van der Waals surface area contributed by atoms with Gasteiger partial charge in [-0.1, -0.05) is 30.7 Å². The Labute approximate surface area is 123 Å². The number of likely N-dealkylation sites (N-methyl/N-ethyl adjacent to an activating group) is 1. The van der Waals surface area contributed by atoms with Crippen LogP contribution in [0.25, 0.3) is 0 Å². The van der Waals surface area contributed by atoms with Crippen LogP contribution in [0.15, 0.2) is 24.3 Å². The van der Waals surface area contributed by atoms with E-state index in [1.165, 1.54) is 49.8 Å². The molecule has 1 saturated heterocycles. The zero-order valence-corrected chi connectivity index (χ0v) is 12.8. The predicted molar refractivity (Wildman–Crippen MR) is 84.8 cm³/mol. The van der Waals surface area contributed by atoms with Crippen molar-refractivity contribution >= 4 is 0 Å². The maximum absolute atomic E-state index is 3.21. The van der Waals surface area contributed by atoms with Gasteiger partial charge in [-0.15, -0.1) is 0 Å². The summed E-state index contributed by atoms with van der Waals surface area (Å²) in [6.45, 7) is 3.53. The highest BCUT2D eigenvalue weighted by atomic mass is 15.2. The molecule has 0 radical (unpaired) electrons. The van der Waals surface area contributed by atoms with E-state index in [9.17, 15) is 0 Å².